The molecule has 1 aromatic carbocycles. The third-order valence-electron chi connectivity index (χ3n) is 3.32. The number of rotatable bonds is 2. The van der Waals surface area contributed by atoms with Crippen molar-refractivity contribution in [3.63, 3.8) is 0 Å². The first-order chi connectivity index (χ1) is 8.61. The number of hydrogen-bond donors (Lipinski definition) is 1. The van der Waals surface area contributed by atoms with E-state index in [1.54, 1.807) is 7.05 Å². The van der Waals surface area contributed by atoms with E-state index in [2.05, 4.69) is 5.32 Å². The molecule has 1 amide bonds. The monoisotopic (exact) mass is 290 g/mol. The predicted octanol–water partition coefficient (Wildman–Crippen LogP) is 2.21. The molecule has 1 atom stereocenters. The molecule has 0 saturated carbocycles. The van der Waals surface area contributed by atoms with E-state index in [1.165, 1.54) is 17.0 Å². The van der Waals surface area contributed by atoms with Gasteiger partial charge in [-0.15, -0.1) is 12.4 Å². The Hall–Kier alpha value is -1.20. The molecule has 1 heterocycles. The Balaban J connectivity index is 0.00000180. The lowest BCUT2D eigenvalue weighted by Crippen LogP contribution is -2.46. The minimum absolute atomic E-state index is 0. The van der Waals surface area contributed by atoms with Crippen molar-refractivity contribution in [2.45, 2.75) is 18.9 Å². The number of nitrogens with one attached hydrogen (secondary N) is 1. The highest BCUT2D eigenvalue weighted by Gasteiger charge is 2.25. The van der Waals surface area contributed by atoms with Crippen molar-refractivity contribution in [1.82, 2.24) is 10.2 Å². The fourth-order valence-corrected chi connectivity index (χ4v) is 2.19. The van der Waals surface area contributed by atoms with Gasteiger partial charge in [0.2, 0.25) is 0 Å². The van der Waals surface area contributed by atoms with Crippen LogP contribution >= 0.6 is 12.4 Å². The maximum Gasteiger partial charge on any atom is 0.256 e. The van der Waals surface area contributed by atoms with Crippen LogP contribution in [0.25, 0.3) is 0 Å². The first kappa shape index (κ1) is 15.9. The largest absolute Gasteiger partial charge is 0.337 e. The van der Waals surface area contributed by atoms with Crippen LogP contribution in [-0.2, 0) is 0 Å². The van der Waals surface area contributed by atoms with Crippen LogP contribution in [0.1, 0.15) is 23.2 Å². The molecule has 3 nitrogen and oxygen atoms in total. The molecular weight excluding hydrogens is 274 g/mol. The molecule has 0 spiro atoms. The Morgan fingerprint density at radius 2 is 2.16 bits per heavy atom. The fourth-order valence-electron chi connectivity index (χ4n) is 2.19. The van der Waals surface area contributed by atoms with E-state index in [0.717, 1.165) is 25.5 Å². The van der Waals surface area contributed by atoms with E-state index in [4.69, 9.17) is 0 Å². The number of carbonyl (C=O) groups excluding carboxylic acids is 1. The van der Waals surface area contributed by atoms with E-state index < -0.39 is 17.5 Å². The van der Waals surface area contributed by atoms with Crippen molar-refractivity contribution in [3.05, 3.63) is 35.4 Å². The van der Waals surface area contributed by atoms with Crippen LogP contribution in [0.15, 0.2) is 18.2 Å². The molecular formula is C13H17ClF2N2O. The van der Waals surface area contributed by atoms with Gasteiger partial charge in [0.15, 0.2) is 11.6 Å². The minimum atomic E-state index is -1.07. The second kappa shape index (κ2) is 6.82. The molecule has 0 bridgehead atoms. The van der Waals surface area contributed by atoms with E-state index in [1.807, 2.05) is 0 Å². The highest BCUT2D eigenvalue weighted by molar-refractivity contribution is 5.94. The number of carbonyl (C=O) groups is 1. The molecule has 0 radical (unpaired) electrons. The normalized spacial score (nSPS) is 18.6. The highest BCUT2D eigenvalue weighted by Crippen LogP contribution is 2.16. The topological polar surface area (TPSA) is 32.3 Å². The summed E-state index contributed by atoms with van der Waals surface area (Å²) < 4.78 is 26.6. The lowest BCUT2D eigenvalue weighted by Gasteiger charge is -2.31. The Labute approximate surface area is 117 Å². The molecule has 1 unspecified atom stereocenters. The average Bonchev–Trinajstić information content (AvgIpc) is 2.41. The third kappa shape index (κ3) is 3.42. The summed E-state index contributed by atoms with van der Waals surface area (Å²) >= 11 is 0. The van der Waals surface area contributed by atoms with Crippen LogP contribution in [0, 0.1) is 11.6 Å². The molecule has 1 fully saturated rings. The van der Waals surface area contributed by atoms with Crippen LogP contribution in [0.5, 0.6) is 0 Å². The maximum absolute atomic E-state index is 13.5. The van der Waals surface area contributed by atoms with Crippen LogP contribution in [0.3, 0.4) is 0 Å². The van der Waals surface area contributed by atoms with Gasteiger partial charge < -0.3 is 10.2 Å². The zero-order chi connectivity index (χ0) is 13.1. The van der Waals surface area contributed by atoms with E-state index >= 15 is 0 Å². The van der Waals surface area contributed by atoms with Gasteiger partial charge >= 0.3 is 0 Å². The number of amides is 1. The second-order valence-electron chi connectivity index (χ2n) is 4.52. The summed E-state index contributed by atoms with van der Waals surface area (Å²) in [4.78, 5) is 13.6. The van der Waals surface area contributed by atoms with Gasteiger partial charge in [-0.1, -0.05) is 6.07 Å². The molecule has 2 rings (SSSR count). The summed E-state index contributed by atoms with van der Waals surface area (Å²) in [5.74, 6) is -2.53. The highest BCUT2D eigenvalue weighted by atomic mass is 35.5. The summed E-state index contributed by atoms with van der Waals surface area (Å²) in [5.41, 5.74) is -0.205. The molecule has 6 heteroatoms. The molecule has 1 aliphatic rings. The van der Waals surface area contributed by atoms with Crippen molar-refractivity contribution in [2.75, 3.05) is 20.1 Å². The van der Waals surface area contributed by atoms with Gasteiger partial charge in [0, 0.05) is 19.6 Å². The first-order valence-corrected chi connectivity index (χ1v) is 6.03. The van der Waals surface area contributed by atoms with Gasteiger partial charge in [-0.3, -0.25) is 4.79 Å². The van der Waals surface area contributed by atoms with E-state index in [9.17, 15) is 13.6 Å². The molecule has 0 aliphatic carbocycles. The summed E-state index contributed by atoms with van der Waals surface area (Å²) in [6.45, 7) is 1.63. The smallest absolute Gasteiger partial charge is 0.256 e. The summed E-state index contributed by atoms with van der Waals surface area (Å²) in [6.07, 6.45) is 1.86. The van der Waals surface area contributed by atoms with E-state index in [0.29, 0.717) is 6.54 Å². The van der Waals surface area contributed by atoms with Crippen molar-refractivity contribution < 1.29 is 13.6 Å². The molecule has 1 aromatic rings. The molecule has 1 aliphatic heterocycles. The van der Waals surface area contributed by atoms with Crippen molar-refractivity contribution >= 4 is 18.3 Å². The lowest BCUT2D eigenvalue weighted by atomic mass is 10.0. The molecule has 19 heavy (non-hydrogen) atoms. The van der Waals surface area contributed by atoms with Crippen LogP contribution < -0.4 is 5.32 Å². The van der Waals surface area contributed by atoms with Crippen molar-refractivity contribution in [1.29, 1.82) is 0 Å². The average molecular weight is 291 g/mol. The molecule has 106 valence electrons. The maximum atomic E-state index is 13.5. The minimum Gasteiger partial charge on any atom is -0.337 e. The molecule has 1 N–H and O–H groups in total. The van der Waals surface area contributed by atoms with Crippen LogP contribution in [0.4, 0.5) is 8.78 Å². The van der Waals surface area contributed by atoms with Crippen molar-refractivity contribution in [2.24, 2.45) is 0 Å². The van der Waals surface area contributed by atoms with Gasteiger partial charge in [-0.05, 0) is 31.5 Å². The van der Waals surface area contributed by atoms with Crippen LogP contribution in [0.2, 0.25) is 0 Å². The van der Waals surface area contributed by atoms with Crippen molar-refractivity contribution in [3.8, 4) is 0 Å². The first-order valence-electron chi connectivity index (χ1n) is 6.03. The number of hydrogen-bond acceptors (Lipinski definition) is 2. The van der Waals surface area contributed by atoms with Gasteiger partial charge in [-0.25, -0.2) is 8.78 Å². The van der Waals surface area contributed by atoms with E-state index in [-0.39, 0.29) is 24.0 Å². The number of nitrogens with zero attached hydrogens (tertiary/aromatic N) is 1. The number of halogens is 3. The number of piperidine rings is 1. The molecule has 1 saturated heterocycles. The van der Waals surface area contributed by atoms with Crippen LogP contribution in [-0.4, -0.2) is 37.0 Å². The Bertz CT molecular complexity index is 450. The quantitative estimate of drug-likeness (QED) is 0.906. The molecule has 0 aromatic heterocycles. The summed E-state index contributed by atoms with van der Waals surface area (Å²) in [5, 5.41) is 3.19. The third-order valence-corrected chi connectivity index (χ3v) is 3.32. The van der Waals surface area contributed by atoms with Gasteiger partial charge in [0.25, 0.3) is 5.91 Å². The SMILES string of the molecule is CN(C(=O)c1cccc(F)c1F)C1CCCNC1.Cl. The zero-order valence-electron chi connectivity index (χ0n) is 10.7. The van der Waals surface area contributed by atoms with Gasteiger partial charge in [0.05, 0.1) is 5.56 Å². The number of likely N-dealkylation sites (N-methyl/N-ethyl adjacent to an activating group) is 1. The number of benzene rings is 1. The summed E-state index contributed by atoms with van der Waals surface area (Å²) in [7, 11) is 1.63. The zero-order valence-corrected chi connectivity index (χ0v) is 11.5. The fraction of sp³-hybridized carbons (Fsp3) is 0.462. The van der Waals surface area contributed by atoms with Gasteiger partial charge in [-0.2, -0.15) is 0 Å². The lowest BCUT2D eigenvalue weighted by molar-refractivity contribution is 0.0702. The van der Waals surface area contributed by atoms with Gasteiger partial charge in [0.1, 0.15) is 0 Å². The summed E-state index contributed by atoms with van der Waals surface area (Å²) in [6, 6.07) is 3.70. The Kier molecular flexibility index (Phi) is 5.69. The Morgan fingerprint density at radius 3 is 2.79 bits per heavy atom. The standard InChI is InChI=1S/C13H16F2N2O.ClH/c1-17(9-4-3-7-16-8-9)13(18)10-5-2-6-11(14)12(10)15;/h2,5-6,9,16H,3-4,7-8H2,1H3;1H. The predicted molar refractivity (Wildman–Crippen MR) is 71.6 cm³/mol. The second-order valence-corrected chi connectivity index (χ2v) is 4.52. The Morgan fingerprint density at radius 1 is 1.42 bits per heavy atom.